The van der Waals surface area contributed by atoms with Gasteiger partial charge in [0.1, 0.15) is 0 Å². The van der Waals surface area contributed by atoms with Crippen molar-refractivity contribution in [2.75, 3.05) is 40.5 Å². The van der Waals surface area contributed by atoms with Crippen LogP contribution in [-0.2, 0) is 4.79 Å². The lowest BCUT2D eigenvalue weighted by atomic mass is 10.2. The van der Waals surface area contributed by atoms with E-state index < -0.39 is 0 Å². The Bertz CT molecular complexity index is 825. The highest BCUT2D eigenvalue weighted by molar-refractivity contribution is 5.94. The number of methoxy groups -OCH3 is 2. The van der Waals surface area contributed by atoms with E-state index in [0.29, 0.717) is 35.2 Å². The third kappa shape index (κ3) is 6.60. The number of amides is 2. The monoisotopic (exact) mass is 402 g/mol. The van der Waals surface area contributed by atoms with Crippen LogP contribution < -0.4 is 29.6 Å². The van der Waals surface area contributed by atoms with E-state index in [1.54, 1.807) is 36.4 Å². The molecule has 0 fully saturated rings. The number of nitrogens with one attached hydrogen (secondary N) is 2. The van der Waals surface area contributed by atoms with Crippen LogP contribution in [0.5, 0.6) is 23.0 Å². The summed E-state index contributed by atoms with van der Waals surface area (Å²) in [6.07, 6.45) is 0. The zero-order valence-electron chi connectivity index (χ0n) is 16.8. The highest BCUT2D eigenvalue weighted by Gasteiger charge is 2.11. The first-order valence-corrected chi connectivity index (χ1v) is 9.20. The molecule has 2 N–H and O–H groups in total. The predicted molar refractivity (Wildman–Crippen MR) is 108 cm³/mol. The lowest BCUT2D eigenvalue weighted by Crippen LogP contribution is -2.36. The molecule has 0 heterocycles. The molecular formula is C21H26N2O6. The van der Waals surface area contributed by atoms with Crippen LogP contribution in [0.25, 0.3) is 0 Å². The molecule has 0 radical (unpaired) electrons. The van der Waals surface area contributed by atoms with Crippen molar-refractivity contribution in [2.45, 2.75) is 6.92 Å². The molecule has 0 bridgehead atoms. The smallest absolute Gasteiger partial charge is 0.258 e. The molecule has 0 aliphatic carbocycles. The van der Waals surface area contributed by atoms with E-state index in [4.69, 9.17) is 18.9 Å². The van der Waals surface area contributed by atoms with E-state index in [-0.39, 0.29) is 31.5 Å². The molecule has 2 amide bonds. The number of ether oxygens (including phenoxy) is 4. The molecule has 0 saturated carbocycles. The minimum atomic E-state index is -0.295. The Hall–Kier alpha value is -3.42. The fourth-order valence-electron chi connectivity index (χ4n) is 2.50. The Morgan fingerprint density at radius 2 is 1.48 bits per heavy atom. The fraction of sp³-hybridized carbons (Fsp3) is 0.333. The standard InChI is InChI=1S/C21H26N2O6/c1-4-28-17-7-5-6-8-18(17)29-14-20(24)22-11-12-23-21(25)15-9-10-16(26-2)19(13-15)27-3/h5-10,13H,4,11-12,14H2,1-3H3,(H,22,24)(H,23,25). The van der Waals surface area contributed by atoms with Gasteiger partial charge in [0.25, 0.3) is 11.8 Å². The first-order valence-electron chi connectivity index (χ1n) is 9.20. The first-order chi connectivity index (χ1) is 14.1. The molecule has 0 atom stereocenters. The molecule has 0 aliphatic rings. The average Bonchev–Trinajstić information content (AvgIpc) is 2.75. The predicted octanol–water partition coefficient (Wildman–Crippen LogP) is 2.03. The number of carbonyl (C=O) groups excluding carboxylic acids is 2. The number of para-hydroxylation sites is 2. The van der Waals surface area contributed by atoms with Gasteiger partial charge in [0.05, 0.1) is 20.8 Å². The minimum Gasteiger partial charge on any atom is -0.493 e. The van der Waals surface area contributed by atoms with Gasteiger partial charge in [0.15, 0.2) is 29.6 Å². The van der Waals surface area contributed by atoms with Gasteiger partial charge in [-0.2, -0.15) is 0 Å². The highest BCUT2D eigenvalue weighted by atomic mass is 16.5. The molecule has 8 nitrogen and oxygen atoms in total. The Kier molecular flexibility index (Phi) is 8.62. The van der Waals surface area contributed by atoms with E-state index in [2.05, 4.69) is 10.6 Å². The third-order valence-electron chi connectivity index (χ3n) is 3.89. The zero-order valence-corrected chi connectivity index (χ0v) is 16.8. The van der Waals surface area contributed by atoms with Gasteiger partial charge in [-0.3, -0.25) is 9.59 Å². The summed E-state index contributed by atoms with van der Waals surface area (Å²) >= 11 is 0. The largest absolute Gasteiger partial charge is 0.493 e. The van der Waals surface area contributed by atoms with Crippen LogP contribution in [0.3, 0.4) is 0 Å². The Labute approximate surface area is 170 Å². The van der Waals surface area contributed by atoms with E-state index in [0.717, 1.165) is 0 Å². The Morgan fingerprint density at radius 3 is 2.14 bits per heavy atom. The summed E-state index contributed by atoms with van der Waals surface area (Å²) in [6, 6.07) is 12.0. The summed E-state index contributed by atoms with van der Waals surface area (Å²) < 4.78 is 21.3. The number of rotatable bonds is 11. The van der Waals surface area contributed by atoms with Crippen molar-refractivity contribution in [2.24, 2.45) is 0 Å². The van der Waals surface area contributed by atoms with Gasteiger partial charge >= 0.3 is 0 Å². The topological polar surface area (TPSA) is 95.1 Å². The van der Waals surface area contributed by atoms with Crippen molar-refractivity contribution < 1.29 is 28.5 Å². The second-order valence-corrected chi connectivity index (χ2v) is 5.84. The van der Waals surface area contributed by atoms with Gasteiger partial charge in [0.2, 0.25) is 0 Å². The summed E-state index contributed by atoms with van der Waals surface area (Å²) in [7, 11) is 3.03. The molecule has 8 heteroatoms. The van der Waals surface area contributed by atoms with Gasteiger partial charge in [-0.05, 0) is 37.3 Å². The van der Waals surface area contributed by atoms with Gasteiger partial charge in [-0.15, -0.1) is 0 Å². The second-order valence-electron chi connectivity index (χ2n) is 5.84. The molecule has 0 unspecified atom stereocenters. The van der Waals surface area contributed by atoms with Crippen molar-refractivity contribution in [3.63, 3.8) is 0 Å². The van der Waals surface area contributed by atoms with Crippen molar-refractivity contribution in [1.82, 2.24) is 10.6 Å². The van der Waals surface area contributed by atoms with E-state index >= 15 is 0 Å². The first kappa shape index (κ1) is 21.9. The third-order valence-corrected chi connectivity index (χ3v) is 3.89. The van der Waals surface area contributed by atoms with Crippen LogP contribution in [0.15, 0.2) is 42.5 Å². The summed E-state index contributed by atoms with van der Waals surface area (Å²) in [5, 5.41) is 5.42. The molecular weight excluding hydrogens is 376 g/mol. The van der Waals surface area contributed by atoms with Crippen LogP contribution in [0, 0.1) is 0 Å². The second kappa shape index (κ2) is 11.4. The summed E-state index contributed by atoms with van der Waals surface area (Å²) in [5.74, 6) is 1.54. The number of hydrogen-bond donors (Lipinski definition) is 2. The summed E-state index contributed by atoms with van der Waals surface area (Å²) in [4.78, 5) is 24.1. The van der Waals surface area contributed by atoms with E-state index in [1.807, 2.05) is 13.0 Å². The molecule has 2 rings (SSSR count). The van der Waals surface area contributed by atoms with Crippen molar-refractivity contribution in [1.29, 1.82) is 0 Å². The maximum atomic E-state index is 12.2. The van der Waals surface area contributed by atoms with Crippen LogP contribution in [-0.4, -0.2) is 52.3 Å². The number of hydrogen-bond acceptors (Lipinski definition) is 6. The SMILES string of the molecule is CCOc1ccccc1OCC(=O)NCCNC(=O)c1ccc(OC)c(OC)c1. The van der Waals surface area contributed by atoms with Crippen molar-refractivity contribution in [3.05, 3.63) is 48.0 Å². The zero-order chi connectivity index (χ0) is 21.1. The molecule has 2 aromatic rings. The highest BCUT2D eigenvalue weighted by Crippen LogP contribution is 2.27. The lowest BCUT2D eigenvalue weighted by molar-refractivity contribution is -0.123. The number of carbonyl (C=O) groups is 2. The Morgan fingerprint density at radius 1 is 0.828 bits per heavy atom. The van der Waals surface area contributed by atoms with Gasteiger partial charge in [0, 0.05) is 18.7 Å². The summed E-state index contributed by atoms with van der Waals surface area (Å²) in [5.41, 5.74) is 0.435. The quantitative estimate of drug-likeness (QED) is 0.559. The van der Waals surface area contributed by atoms with Crippen LogP contribution in [0.1, 0.15) is 17.3 Å². The molecule has 0 saturated heterocycles. The normalized spacial score (nSPS) is 10.0. The van der Waals surface area contributed by atoms with Crippen molar-refractivity contribution in [3.8, 4) is 23.0 Å². The molecule has 2 aromatic carbocycles. The van der Waals surface area contributed by atoms with Crippen LogP contribution in [0.2, 0.25) is 0 Å². The van der Waals surface area contributed by atoms with E-state index in [9.17, 15) is 9.59 Å². The van der Waals surface area contributed by atoms with Gasteiger partial charge in [-0.1, -0.05) is 12.1 Å². The Balaban J connectivity index is 1.73. The molecule has 0 aromatic heterocycles. The molecule has 156 valence electrons. The van der Waals surface area contributed by atoms with Crippen LogP contribution >= 0.6 is 0 Å². The molecule has 0 aliphatic heterocycles. The minimum absolute atomic E-state index is 0.145. The lowest BCUT2D eigenvalue weighted by Gasteiger charge is -2.12. The molecule has 0 spiro atoms. The van der Waals surface area contributed by atoms with Crippen LogP contribution in [0.4, 0.5) is 0 Å². The van der Waals surface area contributed by atoms with Gasteiger partial charge in [-0.25, -0.2) is 0 Å². The number of benzene rings is 2. The molecule has 29 heavy (non-hydrogen) atoms. The van der Waals surface area contributed by atoms with E-state index in [1.165, 1.54) is 14.2 Å². The van der Waals surface area contributed by atoms with Crippen molar-refractivity contribution >= 4 is 11.8 Å². The maximum Gasteiger partial charge on any atom is 0.258 e. The van der Waals surface area contributed by atoms with Gasteiger partial charge < -0.3 is 29.6 Å². The maximum absolute atomic E-state index is 12.2. The fourth-order valence-corrected chi connectivity index (χ4v) is 2.50. The average molecular weight is 402 g/mol. The summed E-state index contributed by atoms with van der Waals surface area (Å²) in [6.45, 7) is 2.78.